The Bertz CT molecular complexity index is 796. The Morgan fingerprint density at radius 3 is 2.68 bits per heavy atom. The van der Waals surface area contributed by atoms with E-state index in [0.29, 0.717) is 11.5 Å². The summed E-state index contributed by atoms with van der Waals surface area (Å²) >= 11 is 0. The third kappa shape index (κ3) is 2.72. The molecule has 0 amide bonds. The van der Waals surface area contributed by atoms with Crippen LogP contribution in [0.4, 0.5) is 19.0 Å². The van der Waals surface area contributed by atoms with E-state index in [1.807, 2.05) is 12.1 Å². The zero-order chi connectivity index (χ0) is 15.7. The molecule has 3 aromatic heterocycles. The monoisotopic (exact) mass is 307 g/mol. The summed E-state index contributed by atoms with van der Waals surface area (Å²) in [5.74, 6) is 0.727. The number of rotatable bonds is 3. The molecule has 0 aliphatic carbocycles. The van der Waals surface area contributed by atoms with Gasteiger partial charge in [-0.15, -0.1) is 10.2 Å². The fourth-order valence-corrected chi connectivity index (χ4v) is 2.11. The van der Waals surface area contributed by atoms with E-state index in [1.54, 1.807) is 23.6 Å². The predicted octanol–water partition coefficient (Wildman–Crippen LogP) is 3.32. The minimum Gasteiger partial charge on any atom is -0.360 e. The molecule has 0 aliphatic rings. The smallest absolute Gasteiger partial charge is 0.360 e. The number of nitrogens with zero attached hydrogens (tertiary/aromatic N) is 4. The first-order valence-electron chi connectivity index (χ1n) is 6.55. The number of hydrogen-bond donors (Lipinski definition) is 1. The summed E-state index contributed by atoms with van der Waals surface area (Å²) in [6, 6.07) is 8.83. The number of anilines is 1. The third-order valence-corrected chi connectivity index (χ3v) is 3.13. The Morgan fingerprint density at radius 1 is 1.09 bits per heavy atom. The number of aromatic nitrogens is 4. The Hall–Kier alpha value is -2.64. The van der Waals surface area contributed by atoms with Crippen molar-refractivity contribution >= 4 is 11.5 Å². The number of nitrogens with one attached hydrogen (secondary N) is 1. The SMILES string of the molecule is C[C@H](Nc1cccc(C(F)(F)F)n1)c1nnc2ccccn12. The van der Waals surface area contributed by atoms with Gasteiger partial charge in [-0.3, -0.25) is 4.40 Å². The molecule has 0 fully saturated rings. The Morgan fingerprint density at radius 2 is 1.91 bits per heavy atom. The van der Waals surface area contributed by atoms with Gasteiger partial charge in [0.25, 0.3) is 0 Å². The zero-order valence-corrected chi connectivity index (χ0v) is 11.5. The highest BCUT2D eigenvalue weighted by molar-refractivity contribution is 5.41. The molecule has 22 heavy (non-hydrogen) atoms. The lowest BCUT2D eigenvalue weighted by molar-refractivity contribution is -0.141. The maximum absolute atomic E-state index is 12.7. The maximum atomic E-state index is 12.7. The average Bonchev–Trinajstić information content (AvgIpc) is 2.90. The largest absolute Gasteiger partial charge is 0.433 e. The highest BCUT2D eigenvalue weighted by atomic mass is 19.4. The lowest BCUT2D eigenvalue weighted by Gasteiger charge is -2.14. The summed E-state index contributed by atoms with van der Waals surface area (Å²) in [5, 5.41) is 11.0. The van der Waals surface area contributed by atoms with Crippen molar-refractivity contribution in [2.75, 3.05) is 5.32 Å². The molecule has 0 aromatic carbocycles. The summed E-state index contributed by atoms with van der Waals surface area (Å²) in [6.45, 7) is 1.78. The van der Waals surface area contributed by atoms with Crippen LogP contribution in [0.3, 0.4) is 0 Å². The van der Waals surface area contributed by atoms with Gasteiger partial charge < -0.3 is 5.32 Å². The van der Waals surface area contributed by atoms with E-state index >= 15 is 0 Å². The van der Waals surface area contributed by atoms with Crippen molar-refractivity contribution in [3.63, 3.8) is 0 Å². The molecule has 0 spiro atoms. The van der Waals surface area contributed by atoms with Crippen LogP contribution in [0, 0.1) is 0 Å². The fourth-order valence-electron chi connectivity index (χ4n) is 2.11. The molecular formula is C14H12F3N5. The first-order chi connectivity index (χ1) is 10.4. The second-order valence-corrected chi connectivity index (χ2v) is 4.76. The molecule has 0 unspecified atom stereocenters. The lowest BCUT2D eigenvalue weighted by atomic mass is 10.3. The van der Waals surface area contributed by atoms with Gasteiger partial charge in [0.2, 0.25) is 0 Å². The average molecular weight is 307 g/mol. The van der Waals surface area contributed by atoms with Crippen LogP contribution >= 0.6 is 0 Å². The topological polar surface area (TPSA) is 55.1 Å². The summed E-state index contributed by atoms with van der Waals surface area (Å²) < 4.78 is 39.8. The van der Waals surface area contributed by atoms with Crippen molar-refractivity contribution in [2.45, 2.75) is 19.1 Å². The van der Waals surface area contributed by atoms with Gasteiger partial charge in [0.1, 0.15) is 11.5 Å². The predicted molar refractivity (Wildman–Crippen MR) is 74.3 cm³/mol. The third-order valence-electron chi connectivity index (χ3n) is 3.13. The quantitative estimate of drug-likeness (QED) is 0.806. The van der Waals surface area contributed by atoms with Crippen molar-refractivity contribution in [3.05, 3.63) is 54.1 Å². The molecule has 8 heteroatoms. The highest BCUT2D eigenvalue weighted by Crippen LogP contribution is 2.28. The summed E-state index contributed by atoms with van der Waals surface area (Å²) in [5.41, 5.74) is -0.265. The molecule has 1 atom stereocenters. The molecule has 1 N–H and O–H groups in total. The van der Waals surface area contributed by atoms with E-state index in [0.717, 1.165) is 6.07 Å². The van der Waals surface area contributed by atoms with E-state index < -0.39 is 11.9 Å². The van der Waals surface area contributed by atoms with Crippen LogP contribution in [0.5, 0.6) is 0 Å². The minimum atomic E-state index is -4.47. The Balaban J connectivity index is 1.87. The normalized spacial score (nSPS) is 13.3. The number of pyridine rings is 2. The second kappa shape index (κ2) is 5.28. The van der Waals surface area contributed by atoms with E-state index in [1.165, 1.54) is 12.1 Å². The van der Waals surface area contributed by atoms with Gasteiger partial charge in [-0.05, 0) is 31.2 Å². The minimum absolute atomic E-state index is 0.134. The van der Waals surface area contributed by atoms with Crippen LogP contribution in [-0.4, -0.2) is 19.6 Å². The van der Waals surface area contributed by atoms with Crippen molar-refractivity contribution in [3.8, 4) is 0 Å². The Kier molecular flexibility index (Phi) is 3.44. The van der Waals surface area contributed by atoms with Crippen molar-refractivity contribution in [1.82, 2.24) is 19.6 Å². The fraction of sp³-hybridized carbons (Fsp3) is 0.214. The standard InChI is InChI=1S/C14H12F3N5/c1-9(13-21-20-12-7-2-3-8-22(12)13)18-11-6-4-5-10(19-11)14(15,16)17/h2-9H,1H3,(H,18,19)/t9-/m0/s1. The molecule has 3 heterocycles. The lowest BCUT2D eigenvalue weighted by Crippen LogP contribution is -2.14. The summed E-state index contributed by atoms with van der Waals surface area (Å²) in [4.78, 5) is 3.58. The molecule has 0 radical (unpaired) electrons. The molecule has 0 saturated carbocycles. The molecule has 114 valence electrons. The van der Waals surface area contributed by atoms with Crippen molar-refractivity contribution < 1.29 is 13.2 Å². The van der Waals surface area contributed by atoms with Gasteiger partial charge in [0, 0.05) is 6.20 Å². The zero-order valence-electron chi connectivity index (χ0n) is 11.5. The summed E-state index contributed by atoms with van der Waals surface area (Å²) in [6.07, 6.45) is -2.68. The van der Waals surface area contributed by atoms with E-state index in [-0.39, 0.29) is 11.9 Å². The maximum Gasteiger partial charge on any atom is 0.433 e. The van der Waals surface area contributed by atoms with Crippen LogP contribution in [-0.2, 0) is 6.18 Å². The molecule has 3 rings (SSSR count). The number of hydrogen-bond acceptors (Lipinski definition) is 4. The van der Waals surface area contributed by atoms with Crippen molar-refractivity contribution in [2.24, 2.45) is 0 Å². The molecule has 3 aromatic rings. The van der Waals surface area contributed by atoms with Crippen LogP contribution in [0.25, 0.3) is 5.65 Å². The van der Waals surface area contributed by atoms with Gasteiger partial charge in [-0.25, -0.2) is 4.98 Å². The van der Waals surface area contributed by atoms with Gasteiger partial charge >= 0.3 is 6.18 Å². The van der Waals surface area contributed by atoms with E-state index in [2.05, 4.69) is 20.5 Å². The summed E-state index contributed by atoms with van der Waals surface area (Å²) in [7, 11) is 0. The molecule has 0 bridgehead atoms. The van der Waals surface area contributed by atoms with Gasteiger partial charge in [-0.1, -0.05) is 12.1 Å². The van der Waals surface area contributed by atoms with E-state index in [9.17, 15) is 13.2 Å². The van der Waals surface area contributed by atoms with Gasteiger partial charge in [-0.2, -0.15) is 13.2 Å². The second-order valence-electron chi connectivity index (χ2n) is 4.76. The molecule has 0 saturated heterocycles. The van der Waals surface area contributed by atoms with Crippen LogP contribution in [0.15, 0.2) is 42.6 Å². The number of alkyl halides is 3. The first-order valence-corrected chi connectivity index (χ1v) is 6.55. The van der Waals surface area contributed by atoms with E-state index in [4.69, 9.17) is 0 Å². The molecule has 0 aliphatic heterocycles. The molecular weight excluding hydrogens is 295 g/mol. The first kappa shape index (κ1) is 14.3. The number of fused-ring (bicyclic) bond motifs is 1. The van der Waals surface area contributed by atoms with Crippen molar-refractivity contribution in [1.29, 1.82) is 0 Å². The van der Waals surface area contributed by atoms with Crippen LogP contribution in [0.2, 0.25) is 0 Å². The molecule has 5 nitrogen and oxygen atoms in total. The van der Waals surface area contributed by atoms with Crippen LogP contribution in [0.1, 0.15) is 24.5 Å². The van der Waals surface area contributed by atoms with Gasteiger partial charge in [0.05, 0.1) is 6.04 Å². The highest BCUT2D eigenvalue weighted by Gasteiger charge is 2.32. The van der Waals surface area contributed by atoms with Crippen LogP contribution < -0.4 is 5.32 Å². The Labute approximate surface area is 123 Å². The van der Waals surface area contributed by atoms with Gasteiger partial charge in [0.15, 0.2) is 11.5 Å². The number of halogens is 3.